The molecule has 1 atom stereocenters. The van der Waals surface area contributed by atoms with Gasteiger partial charge in [0.2, 0.25) is 0 Å². The summed E-state index contributed by atoms with van der Waals surface area (Å²) >= 11 is 0. The molecular weight excluding hydrogens is 351 g/mol. The van der Waals surface area contributed by atoms with E-state index >= 15 is 0 Å². The average molecular weight is 365 g/mol. The van der Waals surface area contributed by atoms with Crippen molar-refractivity contribution in [3.63, 3.8) is 0 Å². The lowest BCUT2D eigenvalue weighted by Gasteiger charge is -2.23. The summed E-state index contributed by atoms with van der Waals surface area (Å²) in [6.07, 6.45) is 3.91. The molecule has 0 amide bonds. The smallest absolute Gasteiger partial charge is 0.318 e. The van der Waals surface area contributed by atoms with Crippen molar-refractivity contribution in [2.75, 3.05) is 11.9 Å². The molecule has 0 saturated carbocycles. The number of benzene rings is 1. The van der Waals surface area contributed by atoms with Crippen molar-refractivity contribution < 1.29 is 23.0 Å². The fraction of sp³-hybridized carbons (Fsp3) is 0.312. The van der Waals surface area contributed by atoms with Crippen LogP contribution in [-0.2, 0) is 4.74 Å². The quantitative estimate of drug-likeness (QED) is 0.692. The highest BCUT2D eigenvalue weighted by molar-refractivity contribution is 5.85. The van der Waals surface area contributed by atoms with Crippen molar-refractivity contribution in [2.24, 2.45) is 0 Å². The third-order valence-corrected chi connectivity index (χ3v) is 4.14. The highest BCUT2D eigenvalue weighted by Crippen LogP contribution is 2.31. The summed E-state index contributed by atoms with van der Waals surface area (Å²) in [5.74, 6) is -3.57. The number of anilines is 2. The SMILES string of the molecule is Oc1nc(Nc2cc(F)c(F)cc2F)c2ncn(C3CCCCO3)c2n1. The Kier molecular flexibility index (Phi) is 4.11. The van der Waals surface area contributed by atoms with Gasteiger partial charge in [0.1, 0.15) is 12.0 Å². The van der Waals surface area contributed by atoms with Crippen LogP contribution in [0.4, 0.5) is 24.7 Å². The minimum atomic E-state index is -1.30. The van der Waals surface area contributed by atoms with Crippen molar-refractivity contribution >= 4 is 22.7 Å². The molecule has 3 heterocycles. The zero-order chi connectivity index (χ0) is 18.3. The summed E-state index contributed by atoms with van der Waals surface area (Å²) in [4.78, 5) is 11.9. The van der Waals surface area contributed by atoms with Crippen molar-refractivity contribution in [1.82, 2.24) is 19.5 Å². The van der Waals surface area contributed by atoms with Crippen LogP contribution in [0, 0.1) is 17.5 Å². The second-order valence-corrected chi connectivity index (χ2v) is 5.89. The zero-order valence-corrected chi connectivity index (χ0v) is 13.4. The molecule has 136 valence electrons. The second kappa shape index (κ2) is 6.45. The lowest BCUT2D eigenvalue weighted by Crippen LogP contribution is -2.17. The average Bonchev–Trinajstić information content (AvgIpc) is 3.04. The molecule has 0 spiro atoms. The normalized spacial score (nSPS) is 17.6. The van der Waals surface area contributed by atoms with E-state index in [0.717, 1.165) is 19.3 Å². The van der Waals surface area contributed by atoms with E-state index in [1.807, 2.05) is 0 Å². The fourth-order valence-corrected chi connectivity index (χ4v) is 2.89. The Hall–Kier alpha value is -2.88. The van der Waals surface area contributed by atoms with Crippen LogP contribution in [-0.4, -0.2) is 31.2 Å². The third kappa shape index (κ3) is 2.92. The molecule has 3 aromatic rings. The number of nitrogens with zero attached hydrogens (tertiary/aromatic N) is 4. The van der Waals surface area contributed by atoms with E-state index in [9.17, 15) is 18.3 Å². The standard InChI is InChI=1S/C16H14F3N5O2/c17-8-5-10(19)11(6-9(8)18)21-14-13-15(23-16(25)22-14)24(7-20-13)12-3-1-2-4-26-12/h5-7,12H,1-4H2,(H2,21,22,23,25). The van der Waals surface area contributed by atoms with Gasteiger partial charge in [-0.3, -0.25) is 4.57 Å². The largest absolute Gasteiger partial charge is 0.479 e. The topological polar surface area (TPSA) is 85.1 Å². The number of halogens is 3. The second-order valence-electron chi connectivity index (χ2n) is 5.89. The summed E-state index contributed by atoms with van der Waals surface area (Å²) in [6, 6.07) is 0.516. The number of fused-ring (bicyclic) bond motifs is 1. The Morgan fingerprint density at radius 1 is 1.12 bits per heavy atom. The predicted octanol–water partition coefficient (Wildman–Crippen LogP) is 3.39. The van der Waals surface area contributed by atoms with Crippen LogP contribution in [0.2, 0.25) is 0 Å². The summed E-state index contributed by atoms with van der Waals surface area (Å²) in [5, 5.41) is 12.4. The van der Waals surface area contributed by atoms with Crippen LogP contribution in [0.1, 0.15) is 25.5 Å². The molecule has 1 unspecified atom stereocenters. The zero-order valence-electron chi connectivity index (χ0n) is 13.4. The molecule has 1 aliphatic heterocycles. The lowest BCUT2D eigenvalue weighted by molar-refractivity contribution is -0.0298. The summed E-state index contributed by atoms with van der Waals surface area (Å²) in [7, 11) is 0. The van der Waals surface area contributed by atoms with Crippen molar-refractivity contribution in [1.29, 1.82) is 0 Å². The molecule has 7 nitrogen and oxygen atoms in total. The van der Waals surface area contributed by atoms with Gasteiger partial charge >= 0.3 is 6.01 Å². The maximum Gasteiger partial charge on any atom is 0.318 e. The van der Waals surface area contributed by atoms with E-state index in [-0.39, 0.29) is 28.9 Å². The molecule has 1 aliphatic rings. The fourth-order valence-electron chi connectivity index (χ4n) is 2.89. The number of imidazole rings is 1. The van der Waals surface area contributed by atoms with Gasteiger partial charge in [0.05, 0.1) is 12.0 Å². The number of rotatable bonds is 3. The first-order valence-electron chi connectivity index (χ1n) is 7.99. The Labute approximate surface area is 145 Å². The molecule has 1 saturated heterocycles. The minimum absolute atomic E-state index is 0.0352. The lowest BCUT2D eigenvalue weighted by atomic mass is 10.2. The van der Waals surface area contributed by atoms with Crippen LogP contribution < -0.4 is 5.32 Å². The summed E-state index contributed by atoms with van der Waals surface area (Å²) in [6.45, 7) is 0.604. The van der Waals surface area contributed by atoms with E-state index < -0.39 is 23.5 Å². The molecule has 4 rings (SSSR count). The first-order valence-corrected chi connectivity index (χ1v) is 7.99. The molecule has 2 N–H and O–H groups in total. The monoisotopic (exact) mass is 365 g/mol. The van der Waals surface area contributed by atoms with E-state index in [4.69, 9.17) is 4.74 Å². The van der Waals surface area contributed by atoms with Gasteiger partial charge in [-0.2, -0.15) is 9.97 Å². The number of hydrogen-bond acceptors (Lipinski definition) is 6. The van der Waals surface area contributed by atoms with Crippen molar-refractivity contribution in [2.45, 2.75) is 25.5 Å². The van der Waals surface area contributed by atoms with Crippen molar-refractivity contribution in [3.8, 4) is 6.01 Å². The number of hydrogen-bond donors (Lipinski definition) is 2. The van der Waals surface area contributed by atoms with Gasteiger partial charge in [-0.15, -0.1) is 0 Å². The summed E-state index contributed by atoms with van der Waals surface area (Å²) in [5.41, 5.74) is 0.183. The van der Waals surface area contributed by atoms with Gasteiger partial charge in [0.25, 0.3) is 0 Å². The number of aromatic hydroxyl groups is 1. The van der Waals surface area contributed by atoms with Gasteiger partial charge in [0.15, 0.2) is 28.6 Å². The maximum absolute atomic E-state index is 13.9. The Balaban J connectivity index is 1.76. The van der Waals surface area contributed by atoms with E-state index in [2.05, 4.69) is 20.3 Å². The molecule has 1 fully saturated rings. The van der Waals surface area contributed by atoms with E-state index in [0.29, 0.717) is 18.7 Å². The Bertz CT molecular complexity index is 972. The first kappa shape index (κ1) is 16.6. The van der Waals surface area contributed by atoms with Crippen LogP contribution >= 0.6 is 0 Å². The molecule has 1 aromatic carbocycles. The minimum Gasteiger partial charge on any atom is -0.479 e. The van der Waals surface area contributed by atoms with Gasteiger partial charge < -0.3 is 15.2 Å². The summed E-state index contributed by atoms with van der Waals surface area (Å²) < 4.78 is 47.7. The van der Waals surface area contributed by atoms with Crippen molar-refractivity contribution in [3.05, 3.63) is 35.9 Å². The van der Waals surface area contributed by atoms with Gasteiger partial charge in [-0.25, -0.2) is 18.2 Å². The van der Waals surface area contributed by atoms with Gasteiger partial charge in [-0.05, 0) is 19.3 Å². The molecular formula is C16H14F3N5O2. The van der Waals surface area contributed by atoms with Gasteiger partial charge in [0, 0.05) is 18.7 Å². The van der Waals surface area contributed by atoms with E-state index in [1.54, 1.807) is 4.57 Å². The first-order chi connectivity index (χ1) is 12.5. The number of ether oxygens (including phenoxy) is 1. The molecule has 0 aliphatic carbocycles. The third-order valence-electron chi connectivity index (χ3n) is 4.14. The number of nitrogens with one attached hydrogen (secondary N) is 1. The highest BCUT2D eigenvalue weighted by Gasteiger charge is 2.22. The highest BCUT2D eigenvalue weighted by atomic mass is 19.2. The van der Waals surface area contributed by atoms with Crippen LogP contribution in [0.15, 0.2) is 18.5 Å². The molecule has 0 radical (unpaired) electrons. The Morgan fingerprint density at radius 2 is 1.92 bits per heavy atom. The van der Waals surface area contributed by atoms with Gasteiger partial charge in [-0.1, -0.05) is 0 Å². The maximum atomic E-state index is 13.9. The van der Waals surface area contributed by atoms with Crippen LogP contribution in [0.5, 0.6) is 6.01 Å². The molecule has 0 bridgehead atoms. The molecule has 10 heteroatoms. The van der Waals surface area contributed by atoms with E-state index in [1.165, 1.54) is 6.33 Å². The predicted molar refractivity (Wildman–Crippen MR) is 85.4 cm³/mol. The Morgan fingerprint density at radius 3 is 2.69 bits per heavy atom. The molecule has 2 aromatic heterocycles. The number of aromatic nitrogens is 4. The van der Waals surface area contributed by atoms with Crippen LogP contribution in [0.25, 0.3) is 11.2 Å². The molecule has 26 heavy (non-hydrogen) atoms. The van der Waals surface area contributed by atoms with Crippen LogP contribution in [0.3, 0.4) is 0 Å².